The summed E-state index contributed by atoms with van der Waals surface area (Å²) in [6.07, 6.45) is 1.40. The Morgan fingerprint density at radius 3 is 2.48 bits per heavy atom. The molecular formula is C16H8F2N4O. The van der Waals surface area contributed by atoms with Gasteiger partial charge >= 0.3 is 0 Å². The zero-order valence-electron chi connectivity index (χ0n) is 11.6. The minimum atomic E-state index is -0.576. The van der Waals surface area contributed by atoms with Crippen molar-refractivity contribution in [2.75, 3.05) is 0 Å². The van der Waals surface area contributed by atoms with Crippen molar-refractivity contribution in [3.05, 3.63) is 70.8 Å². The molecule has 0 fully saturated rings. The van der Waals surface area contributed by atoms with Gasteiger partial charge in [-0.3, -0.25) is 4.79 Å². The van der Waals surface area contributed by atoms with Gasteiger partial charge < -0.3 is 0 Å². The summed E-state index contributed by atoms with van der Waals surface area (Å²) in [6.45, 7) is 0. The lowest BCUT2D eigenvalue weighted by Gasteiger charge is -2.05. The van der Waals surface area contributed by atoms with E-state index >= 15 is 0 Å². The van der Waals surface area contributed by atoms with Crippen LogP contribution < -0.4 is 5.56 Å². The highest BCUT2D eigenvalue weighted by atomic mass is 19.1. The second kappa shape index (κ2) is 4.91. The van der Waals surface area contributed by atoms with Crippen molar-refractivity contribution < 1.29 is 8.78 Å². The molecule has 2 aromatic heterocycles. The van der Waals surface area contributed by atoms with Crippen LogP contribution in [-0.4, -0.2) is 19.6 Å². The maximum atomic E-state index is 13.4. The Kier molecular flexibility index (Phi) is 2.87. The van der Waals surface area contributed by atoms with E-state index in [2.05, 4.69) is 15.1 Å². The molecule has 0 aliphatic rings. The van der Waals surface area contributed by atoms with E-state index in [9.17, 15) is 13.6 Å². The third-order valence-corrected chi connectivity index (χ3v) is 3.46. The Hall–Kier alpha value is -3.22. The third kappa shape index (κ3) is 2.22. The van der Waals surface area contributed by atoms with Gasteiger partial charge in [-0.05, 0) is 42.5 Å². The topological polar surface area (TPSA) is 60.2 Å². The first kappa shape index (κ1) is 13.4. The largest absolute Gasteiger partial charge is 0.300 e. The van der Waals surface area contributed by atoms with Crippen LogP contribution in [0.1, 0.15) is 0 Å². The van der Waals surface area contributed by atoms with E-state index in [-0.39, 0.29) is 11.3 Å². The molecule has 0 atom stereocenters. The Balaban J connectivity index is 2.03. The third-order valence-electron chi connectivity index (χ3n) is 3.46. The second-order valence-electron chi connectivity index (χ2n) is 4.95. The van der Waals surface area contributed by atoms with Crippen LogP contribution in [0.2, 0.25) is 0 Å². The molecule has 4 aromatic rings. The average molecular weight is 310 g/mol. The minimum Gasteiger partial charge on any atom is -0.265 e. The lowest BCUT2D eigenvalue weighted by molar-refractivity contribution is 0.628. The van der Waals surface area contributed by atoms with Crippen LogP contribution in [0.5, 0.6) is 0 Å². The summed E-state index contributed by atoms with van der Waals surface area (Å²) in [5.74, 6) is -0.866. The van der Waals surface area contributed by atoms with Crippen LogP contribution in [-0.2, 0) is 0 Å². The molecule has 2 aromatic carbocycles. The van der Waals surface area contributed by atoms with Crippen LogP contribution in [0.4, 0.5) is 8.78 Å². The minimum absolute atomic E-state index is 0.0695. The molecule has 112 valence electrons. The zero-order chi connectivity index (χ0) is 16.0. The van der Waals surface area contributed by atoms with Gasteiger partial charge in [-0.25, -0.2) is 18.3 Å². The first-order chi connectivity index (χ1) is 11.1. The fourth-order valence-corrected chi connectivity index (χ4v) is 2.37. The highest BCUT2D eigenvalue weighted by molar-refractivity contribution is 5.90. The molecule has 0 spiro atoms. The standard InChI is InChI=1S/C16H8F2N4O/c17-10-3-1-9(2-4-10)14-16(23)20-15-12-7-11(18)5-6-13(12)19-8-22(15)21-14/h1-8H. The smallest absolute Gasteiger partial charge is 0.265 e. The number of rotatable bonds is 1. The Bertz CT molecular complexity index is 1110. The SMILES string of the molecule is O=c1nc2c3cc(F)ccc3ncn2nc1-c1ccc(F)cc1. The Labute approximate surface area is 127 Å². The maximum absolute atomic E-state index is 13.4. The van der Waals surface area contributed by atoms with E-state index in [1.807, 2.05) is 0 Å². The van der Waals surface area contributed by atoms with Crippen molar-refractivity contribution in [1.82, 2.24) is 19.6 Å². The molecule has 4 rings (SSSR count). The average Bonchev–Trinajstić information content (AvgIpc) is 2.55. The number of nitrogens with zero attached hydrogens (tertiary/aromatic N) is 4. The summed E-state index contributed by atoms with van der Waals surface area (Å²) < 4.78 is 27.8. The quantitative estimate of drug-likeness (QED) is 0.507. The van der Waals surface area contributed by atoms with Gasteiger partial charge in [0.25, 0.3) is 5.56 Å². The van der Waals surface area contributed by atoms with Crippen molar-refractivity contribution >= 4 is 16.6 Å². The number of benzene rings is 2. The van der Waals surface area contributed by atoms with E-state index in [0.29, 0.717) is 16.5 Å². The highest BCUT2D eigenvalue weighted by Gasteiger charge is 2.11. The number of hydrogen-bond donors (Lipinski definition) is 0. The molecule has 0 saturated carbocycles. The van der Waals surface area contributed by atoms with Crippen molar-refractivity contribution in [3.63, 3.8) is 0 Å². The fourth-order valence-electron chi connectivity index (χ4n) is 2.37. The van der Waals surface area contributed by atoms with Gasteiger partial charge in [0.2, 0.25) is 0 Å². The van der Waals surface area contributed by atoms with Gasteiger partial charge in [0.1, 0.15) is 18.0 Å². The van der Waals surface area contributed by atoms with Gasteiger partial charge in [-0.15, -0.1) is 0 Å². The second-order valence-corrected chi connectivity index (χ2v) is 4.95. The molecule has 23 heavy (non-hydrogen) atoms. The number of hydrogen-bond acceptors (Lipinski definition) is 4. The predicted molar refractivity (Wildman–Crippen MR) is 79.9 cm³/mol. The normalized spacial score (nSPS) is 11.2. The van der Waals surface area contributed by atoms with Crippen LogP contribution in [0, 0.1) is 11.6 Å². The molecule has 0 saturated heterocycles. The summed E-state index contributed by atoms with van der Waals surface area (Å²) >= 11 is 0. The van der Waals surface area contributed by atoms with E-state index in [1.165, 1.54) is 53.3 Å². The fraction of sp³-hybridized carbons (Fsp3) is 0. The van der Waals surface area contributed by atoms with E-state index in [4.69, 9.17) is 0 Å². The van der Waals surface area contributed by atoms with Crippen LogP contribution in [0.15, 0.2) is 53.6 Å². The number of halogens is 2. The van der Waals surface area contributed by atoms with Crippen LogP contribution in [0.3, 0.4) is 0 Å². The maximum Gasteiger partial charge on any atom is 0.300 e. The molecule has 7 heteroatoms. The van der Waals surface area contributed by atoms with Gasteiger partial charge in [-0.1, -0.05) is 0 Å². The molecule has 0 N–H and O–H groups in total. The summed E-state index contributed by atoms with van der Waals surface area (Å²) in [5.41, 5.74) is 0.658. The van der Waals surface area contributed by atoms with E-state index in [1.54, 1.807) is 0 Å². The summed E-state index contributed by atoms with van der Waals surface area (Å²) in [5, 5.41) is 4.58. The molecule has 0 aliphatic carbocycles. The van der Waals surface area contributed by atoms with Gasteiger partial charge in [-0.2, -0.15) is 10.1 Å². The monoisotopic (exact) mass is 310 g/mol. The molecule has 0 radical (unpaired) electrons. The number of fused-ring (bicyclic) bond motifs is 3. The molecule has 2 heterocycles. The Morgan fingerprint density at radius 1 is 0.957 bits per heavy atom. The molecule has 5 nitrogen and oxygen atoms in total. The van der Waals surface area contributed by atoms with Crippen molar-refractivity contribution in [1.29, 1.82) is 0 Å². The summed E-state index contributed by atoms with van der Waals surface area (Å²) in [4.78, 5) is 20.4. The summed E-state index contributed by atoms with van der Waals surface area (Å²) in [6, 6.07) is 9.40. The predicted octanol–water partition coefficient (Wildman–Crippen LogP) is 2.58. The van der Waals surface area contributed by atoms with E-state index in [0.717, 1.165) is 0 Å². The Morgan fingerprint density at radius 2 is 1.70 bits per heavy atom. The lowest BCUT2D eigenvalue weighted by atomic mass is 10.1. The molecule has 0 unspecified atom stereocenters. The molecule has 0 bridgehead atoms. The molecular weight excluding hydrogens is 302 g/mol. The van der Waals surface area contributed by atoms with Gasteiger partial charge in [0, 0.05) is 10.9 Å². The summed E-state index contributed by atoms with van der Waals surface area (Å²) in [7, 11) is 0. The lowest BCUT2D eigenvalue weighted by Crippen LogP contribution is -2.16. The van der Waals surface area contributed by atoms with Gasteiger partial charge in [0.05, 0.1) is 5.52 Å². The van der Waals surface area contributed by atoms with Crippen molar-refractivity contribution in [3.8, 4) is 11.3 Å². The number of aromatic nitrogens is 4. The van der Waals surface area contributed by atoms with Crippen LogP contribution in [0.25, 0.3) is 27.8 Å². The molecule has 0 amide bonds. The van der Waals surface area contributed by atoms with E-state index < -0.39 is 17.2 Å². The van der Waals surface area contributed by atoms with Crippen molar-refractivity contribution in [2.24, 2.45) is 0 Å². The van der Waals surface area contributed by atoms with Gasteiger partial charge in [0.15, 0.2) is 11.3 Å². The highest BCUT2D eigenvalue weighted by Crippen LogP contribution is 2.18. The molecule has 0 aliphatic heterocycles. The van der Waals surface area contributed by atoms with Crippen molar-refractivity contribution in [2.45, 2.75) is 0 Å². The first-order valence-electron chi connectivity index (χ1n) is 6.73. The van der Waals surface area contributed by atoms with Crippen LogP contribution >= 0.6 is 0 Å². The first-order valence-corrected chi connectivity index (χ1v) is 6.73. The zero-order valence-corrected chi connectivity index (χ0v) is 11.6.